The van der Waals surface area contributed by atoms with Crippen molar-refractivity contribution < 1.29 is 21.6 Å². The van der Waals surface area contributed by atoms with Gasteiger partial charge in [0.15, 0.2) is 0 Å². The van der Waals surface area contributed by atoms with E-state index in [2.05, 4.69) is 0 Å². The fourth-order valence-corrected chi connectivity index (χ4v) is 4.64. The Kier molecular flexibility index (Phi) is 4.32. The van der Waals surface area contributed by atoms with Gasteiger partial charge in [0, 0.05) is 19.1 Å². The maximum atomic E-state index is 12.9. The summed E-state index contributed by atoms with van der Waals surface area (Å²) in [5.41, 5.74) is 4.36. The van der Waals surface area contributed by atoms with Crippen molar-refractivity contribution in [3.05, 3.63) is 29.3 Å². The van der Waals surface area contributed by atoms with Crippen molar-refractivity contribution in [1.82, 2.24) is 4.31 Å². The van der Waals surface area contributed by atoms with Crippen molar-refractivity contribution in [3.63, 3.8) is 0 Å². The summed E-state index contributed by atoms with van der Waals surface area (Å²) in [7, 11) is -3.96. The summed E-state index contributed by atoms with van der Waals surface area (Å²) in [5, 5.41) is 0. The van der Waals surface area contributed by atoms with Gasteiger partial charge in [-0.1, -0.05) is 6.07 Å². The summed E-state index contributed by atoms with van der Waals surface area (Å²) >= 11 is 0. The zero-order valence-corrected chi connectivity index (χ0v) is 12.3. The summed E-state index contributed by atoms with van der Waals surface area (Å²) in [4.78, 5) is -0.294. The number of alkyl halides is 3. The van der Waals surface area contributed by atoms with Crippen LogP contribution in [0.1, 0.15) is 24.0 Å². The van der Waals surface area contributed by atoms with E-state index in [1.165, 1.54) is 17.3 Å². The van der Waals surface area contributed by atoms with Gasteiger partial charge in [-0.15, -0.1) is 0 Å². The molecule has 0 radical (unpaired) electrons. The van der Waals surface area contributed by atoms with Gasteiger partial charge in [-0.25, -0.2) is 8.42 Å². The Morgan fingerprint density at radius 2 is 2.05 bits per heavy atom. The molecule has 4 nitrogen and oxygen atoms in total. The van der Waals surface area contributed by atoms with Gasteiger partial charge in [0.2, 0.25) is 10.0 Å². The molecule has 1 unspecified atom stereocenters. The van der Waals surface area contributed by atoms with Crippen molar-refractivity contribution in [2.24, 2.45) is 5.73 Å². The third-order valence-corrected chi connectivity index (χ3v) is 5.87. The smallest absolute Gasteiger partial charge is 0.329 e. The van der Waals surface area contributed by atoms with Crippen LogP contribution in [0.2, 0.25) is 0 Å². The van der Waals surface area contributed by atoms with Crippen LogP contribution in [0, 0.1) is 6.92 Å². The summed E-state index contributed by atoms with van der Waals surface area (Å²) in [6.07, 6.45) is -3.28. The highest BCUT2D eigenvalue weighted by Gasteiger charge is 2.38. The Hall–Kier alpha value is -1.12. The lowest BCUT2D eigenvalue weighted by molar-refractivity contribution is -0.138. The first-order valence-electron chi connectivity index (χ1n) is 6.58. The molecule has 2 N–H and O–H groups in total. The van der Waals surface area contributed by atoms with Crippen LogP contribution in [-0.2, 0) is 16.2 Å². The molecule has 0 aromatic heterocycles. The van der Waals surface area contributed by atoms with E-state index in [4.69, 9.17) is 5.73 Å². The molecule has 0 aliphatic carbocycles. The maximum Gasteiger partial charge on any atom is 0.416 e. The normalized spacial score (nSPS) is 20.9. The van der Waals surface area contributed by atoms with Gasteiger partial charge >= 0.3 is 6.18 Å². The Morgan fingerprint density at radius 1 is 1.38 bits per heavy atom. The van der Waals surface area contributed by atoms with E-state index >= 15 is 0 Å². The summed E-state index contributed by atoms with van der Waals surface area (Å²) in [5.74, 6) is 0. The van der Waals surface area contributed by atoms with Gasteiger partial charge in [-0.05, 0) is 37.5 Å². The molecule has 0 saturated carbocycles. The molecule has 1 aliphatic heterocycles. The van der Waals surface area contributed by atoms with Crippen molar-refractivity contribution in [1.29, 1.82) is 0 Å². The summed E-state index contributed by atoms with van der Waals surface area (Å²) in [6, 6.07) is 2.88. The predicted molar refractivity (Wildman–Crippen MR) is 72.1 cm³/mol. The molecule has 2 rings (SSSR count). The SMILES string of the molecule is Cc1c(C(F)(F)F)cccc1S(=O)(=O)N1CCCC1CN. The lowest BCUT2D eigenvalue weighted by Crippen LogP contribution is -2.40. The van der Waals surface area contributed by atoms with Crippen molar-refractivity contribution in [2.45, 2.75) is 36.9 Å². The molecule has 8 heteroatoms. The molecule has 1 atom stereocenters. The molecular weight excluding hydrogens is 305 g/mol. The zero-order chi connectivity index (χ0) is 15.8. The Morgan fingerprint density at radius 3 is 2.62 bits per heavy atom. The highest BCUT2D eigenvalue weighted by Crippen LogP contribution is 2.36. The van der Waals surface area contributed by atoms with Crippen LogP contribution in [0.25, 0.3) is 0 Å². The van der Waals surface area contributed by atoms with Crippen molar-refractivity contribution >= 4 is 10.0 Å². The molecule has 118 valence electrons. The Labute approximate surface area is 121 Å². The molecule has 0 spiro atoms. The van der Waals surface area contributed by atoms with Gasteiger partial charge in [0.1, 0.15) is 0 Å². The predicted octanol–water partition coefficient (Wildman–Crippen LogP) is 2.13. The topological polar surface area (TPSA) is 63.4 Å². The van der Waals surface area contributed by atoms with Crippen LogP contribution in [0.4, 0.5) is 13.2 Å². The molecule has 1 saturated heterocycles. The maximum absolute atomic E-state index is 12.9. The fourth-order valence-electron chi connectivity index (χ4n) is 2.69. The van der Waals surface area contributed by atoms with Crippen molar-refractivity contribution in [2.75, 3.05) is 13.1 Å². The van der Waals surface area contributed by atoms with E-state index in [9.17, 15) is 21.6 Å². The first-order chi connectivity index (χ1) is 9.69. The van der Waals surface area contributed by atoms with Gasteiger partial charge < -0.3 is 5.73 Å². The Balaban J connectivity index is 2.51. The second-order valence-corrected chi connectivity index (χ2v) is 6.93. The lowest BCUT2D eigenvalue weighted by atomic mass is 10.1. The van der Waals surface area contributed by atoms with E-state index < -0.39 is 21.8 Å². The number of hydrogen-bond acceptors (Lipinski definition) is 3. The quantitative estimate of drug-likeness (QED) is 0.927. The minimum Gasteiger partial charge on any atom is -0.329 e. The second-order valence-electron chi connectivity index (χ2n) is 5.07. The third-order valence-electron chi connectivity index (χ3n) is 3.77. The minimum absolute atomic E-state index is 0.164. The van der Waals surface area contributed by atoms with Gasteiger partial charge in [-0.3, -0.25) is 0 Å². The summed E-state index contributed by atoms with van der Waals surface area (Å²) < 4.78 is 65.2. The van der Waals surface area contributed by atoms with Crippen LogP contribution in [0.5, 0.6) is 0 Å². The molecule has 1 aromatic carbocycles. The fraction of sp³-hybridized carbons (Fsp3) is 0.538. The molecule has 1 fully saturated rings. The van der Waals surface area contributed by atoms with Crippen LogP contribution in [0.15, 0.2) is 23.1 Å². The second kappa shape index (κ2) is 5.58. The number of nitrogens with zero attached hydrogens (tertiary/aromatic N) is 1. The molecule has 1 aliphatic rings. The highest BCUT2D eigenvalue weighted by atomic mass is 32.2. The van der Waals surface area contributed by atoms with E-state index in [1.54, 1.807) is 0 Å². The van der Waals surface area contributed by atoms with E-state index in [0.717, 1.165) is 12.1 Å². The molecule has 0 bridgehead atoms. The van der Waals surface area contributed by atoms with Gasteiger partial charge in [0.25, 0.3) is 0 Å². The standard InChI is InChI=1S/C13H17F3N2O2S/c1-9-11(13(14,15)16)5-2-6-12(9)21(19,20)18-7-3-4-10(18)8-17/h2,5-6,10H,3-4,7-8,17H2,1H3. The molecular formula is C13H17F3N2O2S. The third kappa shape index (κ3) is 2.93. The first kappa shape index (κ1) is 16.3. The average molecular weight is 322 g/mol. The number of hydrogen-bond donors (Lipinski definition) is 1. The molecule has 1 heterocycles. The lowest BCUT2D eigenvalue weighted by Gasteiger charge is -2.24. The number of benzene rings is 1. The highest BCUT2D eigenvalue weighted by molar-refractivity contribution is 7.89. The number of rotatable bonds is 3. The van der Waals surface area contributed by atoms with Crippen LogP contribution in [-0.4, -0.2) is 31.9 Å². The van der Waals surface area contributed by atoms with Gasteiger partial charge in [-0.2, -0.15) is 17.5 Å². The van der Waals surface area contributed by atoms with E-state index in [1.807, 2.05) is 0 Å². The van der Waals surface area contributed by atoms with Crippen LogP contribution < -0.4 is 5.73 Å². The number of nitrogens with two attached hydrogens (primary N) is 1. The van der Waals surface area contributed by atoms with E-state index in [0.29, 0.717) is 19.4 Å². The molecule has 21 heavy (non-hydrogen) atoms. The largest absolute Gasteiger partial charge is 0.416 e. The zero-order valence-electron chi connectivity index (χ0n) is 11.5. The average Bonchev–Trinajstić information content (AvgIpc) is 2.86. The van der Waals surface area contributed by atoms with Gasteiger partial charge in [0.05, 0.1) is 10.5 Å². The molecule has 0 amide bonds. The van der Waals surface area contributed by atoms with E-state index in [-0.39, 0.29) is 23.0 Å². The Bertz CT molecular complexity index is 629. The number of sulfonamides is 1. The van der Waals surface area contributed by atoms with Crippen molar-refractivity contribution in [3.8, 4) is 0 Å². The molecule has 1 aromatic rings. The number of halogens is 3. The van der Waals surface area contributed by atoms with Crippen LogP contribution in [0.3, 0.4) is 0 Å². The minimum atomic E-state index is -4.58. The first-order valence-corrected chi connectivity index (χ1v) is 8.02. The summed E-state index contributed by atoms with van der Waals surface area (Å²) in [6.45, 7) is 1.64. The monoisotopic (exact) mass is 322 g/mol. The van der Waals surface area contributed by atoms with Crippen LogP contribution >= 0.6 is 0 Å².